The molecule has 1 atom stereocenters. The number of piperazine rings is 1. The Kier molecular flexibility index (Phi) is 3.46. The number of nitrogens with zero attached hydrogens (tertiary/aromatic N) is 1. The van der Waals surface area contributed by atoms with Gasteiger partial charge in [0.25, 0.3) is 0 Å². The maximum Gasteiger partial charge on any atom is 0.0309 e. The van der Waals surface area contributed by atoms with Crippen LogP contribution in [0.2, 0.25) is 0 Å². The molecule has 3 heteroatoms. The first-order chi connectivity index (χ1) is 7.86. The van der Waals surface area contributed by atoms with E-state index >= 15 is 0 Å². The van der Waals surface area contributed by atoms with Crippen molar-refractivity contribution in [1.29, 1.82) is 0 Å². The Labute approximate surface area is 104 Å². The topological polar surface area (TPSA) is 15.3 Å². The predicted octanol–water partition coefficient (Wildman–Crippen LogP) is 1.96. The summed E-state index contributed by atoms with van der Waals surface area (Å²) in [4.78, 5) is 2.75. The summed E-state index contributed by atoms with van der Waals surface area (Å²) >= 11 is 2.15. The Morgan fingerprint density at radius 2 is 2.19 bits per heavy atom. The minimum absolute atomic E-state index is 0.518. The Morgan fingerprint density at radius 3 is 2.94 bits per heavy atom. The average molecular weight is 240 g/mol. The highest BCUT2D eigenvalue weighted by Gasteiger charge is 2.37. The summed E-state index contributed by atoms with van der Waals surface area (Å²) in [5.41, 5.74) is 0.518. The summed E-state index contributed by atoms with van der Waals surface area (Å²) in [6, 6.07) is 0. The third-order valence-electron chi connectivity index (χ3n) is 4.56. The third kappa shape index (κ3) is 2.41. The smallest absolute Gasteiger partial charge is 0.0309 e. The molecule has 3 rings (SSSR count). The largest absolute Gasteiger partial charge is 0.309 e. The lowest BCUT2D eigenvalue weighted by atomic mass is 9.94. The minimum Gasteiger partial charge on any atom is -0.309 e. The zero-order valence-electron chi connectivity index (χ0n) is 10.2. The summed E-state index contributed by atoms with van der Waals surface area (Å²) in [6.07, 6.45) is 7.19. The first-order valence-electron chi connectivity index (χ1n) is 6.91. The molecule has 1 N–H and O–H groups in total. The highest BCUT2D eigenvalue weighted by molar-refractivity contribution is 7.99. The molecule has 1 spiro atoms. The van der Waals surface area contributed by atoms with Gasteiger partial charge in [-0.3, -0.25) is 4.90 Å². The fraction of sp³-hybridized carbons (Fsp3) is 1.00. The van der Waals surface area contributed by atoms with Gasteiger partial charge in [0.15, 0.2) is 0 Å². The van der Waals surface area contributed by atoms with E-state index in [4.69, 9.17) is 0 Å². The van der Waals surface area contributed by atoms with E-state index in [-0.39, 0.29) is 0 Å². The summed E-state index contributed by atoms with van der Waals surface area (Å²) < 4.78 is 0. The van der Waals surface area contributed by atoms with Crippen LogP contribution in [0, 0.1) is 5.92 Å². The molecular weight excluding hydrogens is 216 g/mol. The van der Waals surface area contributed by atoms with Gasteiger partial charge in [-0.2, -0.15) is 11.8 Å². The van der Waals surface area contributed by atoms with Gasteiger partial charge in [0.1, 0.15) is 0 Å². The molecule has 3 fully saturated rings. The van der Waals surface area contributed by atoms with Gasteiger partial charge >= 0.3 is 0 Å². The second-order valence-electron chi connectivity index (χ2n) is 5.88. The number of thioether (sulfide) groups is 1. The lowest BCUT2D eigenvalue weighted by molar-refractivity contribution is 0.121. The molecule has 2 heterocycles. The molecule has 0 aromatic carbocycles. The van der Waals surface area contributed by atoms with E-state index < -0.39 is 0 Å². The van der Waals surface area contributed by atoms with E-state index in [0.717, 1.165) is 5.92 Å². The molecule has 2 saturated heterocycles. The Hall–Kier alpha value is 0.270. The normalized spacial score (nSPS) is 34.9. The molecule has 3 aliphatic rings. The van der Waals surface area contributed by atoms with E-state index in [2.05, 4.69) is 22.0 Å². The Balaban J connectivity index is 1.55. The highest BCUT2D eigenvalue weighted by Crippen LogP contribution is 2.33. The van der Waals surface area contributed by atoms with Crippen LogP contribution in [0.4, 0.5) is 0 Å². The number of rotatable bonds is 2. The van der Waals surface area contributed by atoms with Gasteiger partial charge in [-0.05, 0) is 36.7 Å². The minimum atomic E-state index is 0.518. The molecule has 0 amide bonds. The van der Waals surface area contributed by atoms with E-state index in [1.807, 2.05) is 0 Å². The van der Waals surface area contributed by atoms with Gasteiger partial charge in [-0.15, -0.1) is 0 Å². The number of hydrogen-bond donors (Lipinski definition) is 1. The van der Waals surface area contributed by atoms with Crippen molar-refractivity contribution in [3.05, 3.63) is 0 Å². The van der Waals surface area contributed by atoms with E-state index in [9.17, 15) is 0 Å². The maximum absolute atomic E-state index is 3.80. The van der Waals surface area contributed by atoms with Crippen LogP contribution in [-0.4, -0.2) is 48.1 Å². The molecule has 1 aliphatic carbocycles. The van der Waals surface area contributed by atoms with Gasteiger partial charge in [-0.1, -0.05) is 12.8 Å². The van der Waals surface area contributed by atoms with E-state index in [0.29, 0.717) is 5.54 Å². The van der Waals surface area contributed by atoms with Crippen LogP contribution in [0.3, 0.4) is 0 Å². The van der Waals surface area contributed by atoms with Gasteiger partial charge in [0, 0.05) is 31.7 Å². The molecule has 2 aliphatic heterocycles. The van der Waals surface area contributed by atoms with Gasteiger partial charge in [0.05, 0.1) is 0 Å². The van der Waals surface area contributed by atoms with Crippen LogP contribution < -0.4 is 5.32 Å². The summed E-state index contributed by atoms with van der Waals surface area (Å²) in [7, 11) is 0. The zero-order valence-corrected chi connectivity index (χ0v) is 11.0. The van der Waals surface area contributed by atoms with Crippen LogP contribution in [-0.2, 0) is 0 Å². The Bertz CT molecular complexity index is 232. The van der Waals surface area contributed by atoms with Crippen LogP contribution >= 0.6 is 11.8 Å². The third-order valence-corrected chi connectivity index (χ3v) is 5.79. The van der Waals surface area contributed by atoms with Crippen LogP contribution in [0.15, 0.2) is 0 Å². The van der Waals surface area contributed by atoms with Crippen molar-refractivity contribution < 1.29 is 0 Å². The van der Waals surface area contributed by atoms with Gasteiger partial charge in [0.2, 0.25) is 0 Å². The van der Waals surface area contributed by atoms with E-state index in [1.165, 1.54) is 69.8 Å². The zero-order chi connectivity index (χ0) is 10.8. The van der Waals surface area contributed by atoms with Gasteiger partial charge < -0.3 is 5.32 Å². The molecule has 0 radical (unpaired) electrons. The summed E-state index contributed by atoms with van der Waals surface area (Å²) in [5.74, 6) is 3.81. The molecule has 1 saturated carbocycles. The van der Waals surface area contributed by atoms with Crippen molar-refractivity contribution in [2.24, 2.45) is 5.92 Å². The SMILES string of the molecule is C1CCC2(C1)CN(CC1CCSC1)CCN2. The molecule has 0 aromatic rings. The first kappa shape index (κ1) is 11.4. The molecule has 0 aromatic heterocycles. The molecule has 92 valence electrons. The Morgan fingerprint density at radius 1 is 1.31 bits per heavy atom. The van der Waals surface area contributed by atoms with Crippen molar-refractivity contribution in [3.8, 4) is 0 Å². The fourth-order valence-corrected chi connectivity index (χ4v) is 4.95. The number of nitrogens with one attached hydrogen (secondary N) is 1. The first-order valence-corrected chi connectivity index (χ1v) is 8.07. The summed E-state index contributed by atoms with van der Waals surface area (Å²) in [6.45, 7) is 5.20. The van der Waals surface area contributed by atoms with Crippen molar-refractivity contribution in [2.45, 2.75) is 37.6 Å². The van der Waals surface area contributed by atoms with Crippen molar-refractivity contribution >= 4 is 11.8 Å². The lowest BCUT2D eigenvalue weighted by Crippen LogP contribution is -2.59. The maximum atomic E-state index is 3.80. The standard InChI is InChI=1S/C13H24N2S/c1-2-5-13(4-1)11-15(7-6-14-13)9-12-3-8-16-10-12/h12,14H,1-11H2. The van der Waals surface area contributed by atoms with Crippen LogP contribution in [0.25, 0.3) is 0 Å². The van der Waals surface area contributed by atoms with Gasteiger partial charge in [-0.25, -0.2) is 0 Å². The molecular formula is C13H24N2S. The van der Waals surface area contributed by atoms with Crippen molar-refractivity contribution in [1.82, 2.24) is 10.2 Å². The van der Waals surface area contributed by atoms with Crippen molar-refractivity contribution in [3.63, 3.8) is 0 Å². The molecule has 0 bridgehead atoms. The molecule has 2 nitrogen and oxygen atoms in total. The highest BCUT2D eigenvalue weighted by atomic mass is 32.2. The average Bonchev–Trinajstić information content (AvgIpc) is 2.91. The van der Waals surface area contributed by atoms with E-state index in [1.54, 1.807) is 0 Å². The van der Waals surface area contributed by atoms with Crippen LogP contribution in [0.1, 0.15) is 32.1 Å². The predicted molar refractivity (Wildman–Crippen MR) is 71.1 cm³/mol. The second-order valence-corrected chi connectivity index (χ2v) is 7.03. The second kappa shape index (κ2) is 4.87. The lowest BCUT2D eigenvalue weighted by Gasteiger charge is -2.42. The quantitative estimate of drug-likeness (QED) is 0.794. The van der Waals surface area contributed by atoms with Crippen molar-refractivity contribution in [2.75, 3.05) is 37.7 Å². The molecule has 1 unspecified atom stereocenters. The monoisotopic (exact) mass is 240 g/mol. The summed E-state index contributed by atoms with van der Waals surface area (Å²) in [5, 5.41) is 3.80. The number of hydrogen-bond acceptors (Lipinski definition) is 3. The fourth-order valence-electron chi connectivity index (χ4n) is 3.68. The van der Waals surface area contributed by atoms with Crippen LogP contribution in [0.5, 0.6) is 0 Å². The molecule has 16 heavy (non-hydrogen) atoms.